The smallest absolute Gasteiger partial charge is 0.263 e. The Labute approximate surface area is 125 Å². The van der Waals surface area contributed by atoms with E-state index in [0.29, 0.717) is 11.4 Å². The van der Waals surface area contributed by atoms with E-state index in [-0.39, 0.29) is 5.92 Å². The zero-order valence-corrected chi connectivity index (χ0v) is 12.6. The molecule has 0 amide bonds. The first-order valence-electron chi connectivity index (χ1n) is 6.89. The van der Waals surface area contributed by atoms with Crippen LogP contribution in [0.3, 0.4) is 0 Å². The Kier molecular flexibility index (Phi) is 3.55. The van der Waals surface area contributed by atoms with Crippen LogP contribution < -0.4 is 0 Å². The average Bonchev–Trinajstić information content (AvgIpc) is 2.92. The largest absolute Gasteiger partial charge is 0.272 e. The Hall–Kier alpha value is -2.07. The van der Waals surface area contributed by atoms with E-state index < -0.39 is 10.0 Å². The summed E-state index contributed by atoms with van der Waals surface area (Å²) in [5.74, 6) is 0.129. The number of hydrogen-bond donors (Lipinski definition) is 0. The minimum atomic E-state index is -3.46. The summed E-state index contributed by atoms with van der Waals surface area (Å²) in [6, 6.07) is 18.6. The summed E-state index contributed by atoms with van der Waals surface area (Å²) in [4.78, 5) is 0.336. The molecule has 2 aromatic rings. The Morgan fingerprint density at radius 3 is 2.14 bits per heavy atom. The Balaban J connectivity index is 1.90. The lowest BCUT2D eigenvalue weighted by Crippen LogP contribution is -2.25. The molecule has 0 bridgehead atoms. The van der Waals surface area contributed by atoms with Gasteiger partial charge >= 0.3 is 0 Å². The SMILES string of the molecule is CC1=CN(S(=O)(=O)c2ccccc2)CC1c1ccccc1. The van der Waals surface area contributed by atoms with Gasteiger partial charge in [-0.3, -0.25) is 4.31 Å². The van der Waals surface area contributed by atoms with Crippen LogP contribution in [0.4, 0.5) is 0 Å². The summed E-state index contributed by atoms with van der Waals surface area (Å²) in [6.07, 6.45) is 1.75. The van der Waals surface area contributed by atoms with Crippen molar-refractivity contribution in [3.05, 3.63) is 78.0 Å². The van der Waals surface area contributed by atoms with Gasteiger partial charge in [0, 0.05) is 18.7 Å². The molecule has 0 fully saturated rings. The first-order valence-corrected chi connectivity index (χ1v) is 8.33. The molecular weight excluding hydrogens is 282 g/mol. The van der Waals surface area contributed by atoms with Gasteiger partial charge in [0.25, 0.3) is 10.0 Å². The monoisotopic (exact) mass is 299 g/mol. The van der Waals surface area contributed by atoms with E-state index in [4.69, 9.17) is 0 Å². The summed E-state index contributed by atoms with van der Waals surface area (Å²) in [6.45, 7) is 2.45. The molecule has 0 aliphatic carbocycles. The number of benzene rings is 2. The van der Waals surface area contributed by atoms with Gasteiger partial charge in [-0.05, 0) is 30.2 Å². The number of nitrogens with zero attached hydrogens (tertiary/aromatic N) is 1. The van der Waals surface area contributed by atoms with Gasteiger partial charge in [0.05, 0.1) is 4.90 Å². The van der Waals surface area contributed by atoms with Crippen molar-refractivity contribution >= 4 is 10.0 Å². The normalized spacial score (nSPS) is 18.6. The summed E-state index contributed by atoms with van der Waals surface area (Å²) in [5.41, 5.74) is 2.22. The lowest BCUT2D eigenvalue weighted by Gasteiger charge is -2.18. The van der Waals surface area contributed by atoms with Crippen LogP contribution >= 0.6 is 0 Å². The van der Waals surface area contributed by atoms with Gasteiger partial charge in [0.15, 0.2) is 0 Å². The van der Waals surface area contributed by atoms with Crippen molar-refractivity contribution in [2.45, 2.75) is 17.7 Å². The molecule has 1 aliphatic heterocycles. The fourth-order valence-corrected chi connectivity index (χ4v) is 4.06. The molecule has 21 heavy (non-hydrogen) atoms. The zero-order valence-electron chi connectivity index (χ0n) is 11.8. The molecule has 1 atom stereocenters. The van der Waals surface area contributed by atoms with Crippen LogP contribution in [0.5, 0.6) is 0 Å². The molecule has 1 unspecified atom stereocenters. The van der Waals surface area contributed by atoms with Crippen molar-refractivity contribution in [2.75, 3.05) is 6.54 Å². The van der Waals surface area contributed by atoms with Crippen LogP contribution in [-0.4, -0.2) is 19.3 Å². The van der Waals surface area contributed by atoms with Gasteiger partial charge in [0.1, 0.15) is 0 Å². The predicted octanol–water partition coefficient (Wildman–Crippen LogP) is 3.38. The Morgan fingerprint density at radius 2 is 1.52 bits per heavy atom. The van der Waals surface area contributed by atoms with Crippen LogP contribution in [0.15, 0.2) is 77.3 Å². The molecule has 1 heterocycles. The third-order valence-corrected chi connectivity index (χ3v) is 5.55. The molecule has 0 saturated carbocycles. The maximum Gasteiger partial charge on any atom is 0.263 e. The van der Waals surface area contributed by atoms with Gasteiger partial charge < -0.3 is 0 Å². The van der Waals surface area contributed by atoms with E-state index in [2.05, 4.69) is 0 Å². The van der Waals surface area contributed by atoms with Crippen LogP contribution in [-0.2, 0) is 10.0 Å². The van der Waals surface area contributed by atoms with E-state index in [9.17, 15) is 8.42 Å². The quantitative estimate of drug-likeness (QED) is 0.871. The highest BCUT2D eigenvalue weighted by molar-refractivity contribution is 7.89. The highest BCUT2D eigenvalue weighted by Crippen LogP contribution is 2.33. The molecule has 0 aromatic heterocycles. The van der Waals surface area contributed by atoms with Gasteiger partial charge in [-0.25, -0.2) is 8.42 Å². The summed E-state index contributed by atoms with van der Waals surface area (Å²) >= 11 is 0. The molecule has 108 valence electrons. The Morgan fingerprint density at radius 1 is 0.952 bits per heavy atom. The van der Waals surface area contributed by atoms with E-state index >= 15 is 0 Å². The van der Waals surface area contributed by atoms with Crippen LogP contribution in [0.1, 0.15) is 18.4 Å². The first-order chi connectivity index (χ1) is 10.1. The topological polar surface area (TPSA) is 37.4 Å². The van der Waals surface area contributed by atoms with Crippen molar-refractivity contribution in [2.24, 2.45) is 0 Å². The fraction of sp³-hybridized carbons (Fsp3) is 0.176. The summed E-state index contributed by atoms with van der Waals surface area (Å²) in [7, 11) is -3.46. The zero-order chi connectivity index (χ0) is 14.9. The van der Waals surface area contributed by atoms with E-state index in [0.717, 1.165) is 11.1 Å². The first kappa shape index (κ1) is 13.9. The molecule has 2 aromatic carbocycles. The lowest BCUT2D eigenvalue weighted by molar-refractivity contribution is 0.506. The number of hydrogen-bond acceptors (Lipinski definition) is 2. The van der Waals surface area contributed by atoms with Crippen molar-refractivity contribution in [3.8, 4) is 0 Å². The molecule has 3 nitrogen and oxygen atoms in total. The van der Waals surface area contributed by atoms with Crippen LogP contribution in [0, 0.1) is 0 Å². The third-order valence-electron chi connectivity index (χ3n) is 3.81. The van der Waals surface area contributed by atoms with E-state index in [1.165, 1.54) is 4.31 Å². The molecular formula is C17H17NO2S. The van der Waals surface area contributed by atoms with Crippen molar-refractivity contribution in [1.82, 2.24) is 4.31 Å². The lowest BCUT2D eigenvalue weighted by atomic mass is 9.95. The minimum absolute atomic E-state index is 0.129. The third kappa shape index (κ3) is 2.59. The maximum absolute atomic E-state index is 12.6. The highest BCUT2D eigenvalue weighted by Gasteiger charge is 2.31. The van der Waals surface area contributed by atoms with Gasteiger partial charge in [-0.15, -0.1) is 0 Å². The van der Waals surface area contributed by atoms with Crippen LogP contribution in [0.2, 0.25) is 0 Å². The van der Waals surface area contributed by atoms with Crippen molar-refractivity contribution in [1.29, 1.82) is 0 Å². The average molecular weight is 299 g/mol. The fourth-order valence-electron chi connectivity index (χ4n) is 2.64. The molecule has 3 rings (SSSR count). The van der Waals surface area contributed by atoms with Crippen LogP contribution in [0.25, 0.3) is 0 Å². The second kappa shape index (κ2) is 5.37. The standard InChI is InChI=1S/C17H17NO2S/c1-14-12-18(13-17(14)15-8-4-2-5-9-15)21(19,20)16-10-6-3-7-11-16/h2-12,17H,13H2,1H3. The molecule has 4 heteroatoms. The number of rotatable bonds is 3. The van der Waals surface area contributed by atoms with Gasteiger partial charge in [0.2, 0.25) is 0 Å². The molecule has 0 saturated heterocycles. The van der Waals surface area contributed by atoms with Crippen molar-refractivity contribution in [3.63, 3.8) is 0 Å². The van der Waals surface area contributed by atoms with Crippen molar-refractivity contribution < 1.29 is 8.42 Å². The molecule has 0 spiro atoms. The molecule has 1 aliphatic rings. The summed E-state index contributed by atoms with van der Waals surface area (Å²) in [5, 5.41) is 0. The number of sulfonamides is 1. The molecule has 0 N–H and O–H groups in total. The van der Waals surface area contributed by atoms with Gasteiger partial charge in [-0.1, -0.05) is 48.5 Å². The maximum atomic E-state index is 12.6. The summed E-state index contributed by atoms with van der Waals surface area (Å²) < 4.78 is 26.7. The predicted molar refractivity (Wildman–Crippen MR) is 83.3 cm³/mol. The second-order valence-corrected chi connectivity index (χ2v) is 7.11. The Bertz CT molecular complexity index is 752. The molecule has 0 radical (unpaired) electrons. The highest BCUT2D eigenvalue weighted by atomic mass is 32.2. The van der Waals surface area contributed by atoms with E-state index in [1.807, 2.05) is 43.3 Å². The minimum Gasteiger partial charge on any atom is -0.272 e. The van der Waals surface area contributed by atoms with E-state index in [1.54, 1.807) is 30.5 Å². The van der Waals surface area contributed by atoms with Gasteiger partial charge in [-0.2, -0.15) is 0 Å². The second-order valence-electron chi connectivity index (χ2n) is 5.22.